The minimum atomic E-state index is -0.711. The van der Waals surface area contributed by atoms with Gasteiger partial charge in [0.1, 0.15) is 5.82 Å². The zero-order valence-electron chi connectivity index (χ0n) is 10.8. The number of fused-ring (bicyclic) bond motifs is 1. The van der Waals surface area contributed by atoms with Gasteiger partial charge < -0.3 is 9.67 Å². The van der Waals surface area contributed by atoms with Crippen LogP contribution in [0.3, 0.4) is 0 Å². The maximum absolute atomic E-state index is 11.1. The Kier molecular flexibility index (Phi) is 2.85. The zero-order chi connectivity index (χ0) is 13.4. The van der Waals surface area contributed by atoms with Crippen molar-refractivity contribution in [2.75, 3.05) is 0 Å². The highest BCUT2D eigenvalue weighted by Crippen LogP contribution is 2.26. The molecule has 0 spiro atoms. The third-order valence-corrected chi connectivity index (χ3v) is 3.76. The fourth-order valence-corrected chi connectivity index (χ4v) is 2.64. The maximum atomic E-state index is 11.1. The van der Waals surface area contributed by atoms with Crippen molar-refractivity contribution in [2.24, 2.45) is 5.92 Å². The van der Waals surface area contributed by atoms with Crippen molar-refractivity contribution >= 4 is 5.97 Å². The molecule has 1 aromatic heterocycles. The quantitative estimate of drug-likeness (QED) is 0.898. The number of imidazole rings is 1. The topological polar surface area (TPSA) is 55.1 Å². The summed E-state index contributed by atoms with van der Waals surface area (Å²) in [5.41, 5.74) is 3.25. The van der Waals surface area contributed by atoms with Crippen LogP contribution in [0.5, 0.6) is 0 Å². The zero-order valence-corrected chi connectivity index (χ0v) is 10.8. The van der Waals surface area contributed by atoms with Crippen LogP contribution in [0.25, 0.3) is 11.3 Å². The standard InChI is InChI=1S/C15H16N2O2/c1-10-4-2-3-5-12(10)13-9-17-8-11(15(18)19)6-7-14(17)16-13/h2-5,9,11H,6-8H2,1H3,(H,18,19). The molecule has 0 saturated carbocycles. The lowest BCUT2D eigenvalue weighted by atomic mass is 10.00. The predicted molar refractivity (Wildman–Crippen MR) is 71.8 cm³/mol. The first-order valence-corrected chi connectivity index (χ1v) is 6.50. The van der Waals surface area contributed by atoms with E-state index in [1.54, 1.807) is 0 Å². The molecule has 1 aliphatic heterocycles. The van der Waals surface area contributed by atoms with Gasteiger partial charge in [-0.2, -0.15) is 0 Å². The first-order chi connectivity index (χ1) is 9.15. The number of hydrogen-bond acceptors (Lipinski definition) is 2. The van der Waals surface area contributed by atoms with E-state index in [1.165, 1.54) is 5.56 Å². The predicted octanol–water partition coefficient (Wildman–Crippen LogP) is 2.51. The van der Waals surface area contributed by atoms with Gasteiger partial charge in [0, 0.05) is 24.7 Å². The second-order valence-electron chi connectivity index (χ2n) is 5.08. The fourth-order valence-electron chi connectivity index (χ4n) is 2.64. The summed E-state index contributed by atoms with van der Waals surface area (Å²) in [6.07, 6.45) is 3.40. The summed E-state index contributed by atoms with van der Waals surface area (Å²) in [6.45, 7) is 2.59. The lowest BCUT2D eigenvalue weighted by Crippen LogP contribution is -2.26. The Hall–Kier alpha value is -2.10. The summed E-state index contributed by atoms with van der Waals surface area (Å²) in [7, 11) is 0. The molecule has 4 nitrogen and oxygen atoms in total. The van der Waals surface area contributed by atoms with Crippen LogP contribution >= 0.6 is 0 Å². The van der Waals surface area contributed by atoms with Crippen LogP contribution < -0.4 is 0 Å². The van der Waals surface area contributed by atoms with Crippen molar-refractivity contribution < 1.29 is 9.90 Å². The number of carboxylic acid groups (broad SMARTS) is 1. The van der Waals surface area contributed by atoms with Crippen molar-refractivity contribution in [3.8, 4) is 11.3 Å². The molecule has 0 bridgehead atoms. The number of aryl methyl sites for hydroxylation is 2. The van der Waals surface area contributed by atoms with E-state index in [4.69, 9.17) is 5.11 Å². The molecule has 98 valence electrons. The summed E-state index contributed by atoms with van der Waals surface area (Å²) in [5, 5.41) is 9.10. The summed E-state index contributed by atoms with van der Waals surface area (Å²) >= 11 is 0. The van der Waals surface area contributed by atoms with E-state index in [0.717, 1.165) is 23.5 Å². The number of aromatic nitrogens is 2. The van der Waals surface area contributed by atoms with Crippen LogP contribution in [0.2, 0.25) is 0 Å². The van der Waals surface area contributed by atoms with Crippen molar-refractivity contribution in [2.45, 2.75) is 26.3 Å². The lowest BCUT2D eigenvalue weighted by Gasteiger charge is -2.19. The molecule has 4 heteroatoms. The molecular weight excluding hydrogens is 240 g/mol. The number of hydrogen-bond donors (Lipinski definition) is 1. The molecule has 1 aromatic carbocycles. The molecule has 2 heterocycles. The Morgan fingerprint density at radius 1 is 1.42 bits per heavy atom. The molecule has 19 heavy (non-hydrogen) atoms. The third kappa shape index (κ3) is 2.14. The number of aliphatic carboxylic acids is 1. The van der Waals surface area contributed by atoms with Crippen LogP contribution in [0.4, 0.5) is 0 Å². The van der Waals surface area contributed by atoms with Crippen LogP contribution in [0.15, 0.2) is 30.5 Å². The lowest BCUT2D eigenvalue weighted by molar-refractivity contribution is -0.142. The molecule has 1 atom stereocenters. The van der Waals surface area contributed by atoms with E-state index in [-0.39, 0.29) is 5.92 Å². The molecule has 1 unspecified atom stereocenters. The average Bonchev–Trinajstić information content (AvgIpc) is 2.81. The summed E-state index contributed by atoms with van der Waals surface area (Å²) < 4.78 is 1.99. The SMILES string of the molecule is Cc1ccccc1-c1cn2c(n1)CCC(C(=O)O)C2. The van der Waals surface area contributed by atoms with Gasteiger partial charge in [0.15, 0.2) is 0 Å². The second-order valence-corrected chi connectivity index (χ2v) is 5.08. The van der Waals surface area contributed by atoms with Crippen molar-refractivity contribution in [3.63, 3.8) is 0 Å². The number of carbonyl (C=O) groups is 1. The Labute approximate surface area is 111 Å². The third-order valence-electron chi connectivity index (χ3n) is 3.76. The molecule has 1 aliphatic rings. The molecule has 1 N–H and O–H groups in total. The van der Waals surface area contributed by atoms with Crippen LogP contribution in [-0.2, 0) is 17.8 Å². The van der Waals surface area contributed by atoms with Gasteiger partial charge in [0.05, 0.1) is 11.6 Å². The molecule has 0 amide bonds. The van der Waals surface area contributed by atoms with Crippen LogP contribution in [0.1, 0.15) is 17.8 Å². The fraction of sp³-hybridized carbons (Fsp3) is 0.333. The smallest absolute Gasteiger partial charge is 0.308 e. The van der Waals surface area contributed by atoms with Crippen molar-refractivity contribution in [1.82, 2.24) is 9.55 Å². The van der Waals surface area contributed by atoms with Crippen LogP contribution in [-0.4, -0.2) is 20.6 Å². The van der Waals surface area contributed by atoms with Crippen molar-refractivity contribution in [3.05, 3.63) is 41.9 Å². The summed E-state index contributed by atoms with van der Waals surface area (Å²) in [6, 6.07) is 8.13. The number of benzene rings is 1. The van der Waals surface area contributed by atoms with Crippen LogP contribution in [0, 0.1) is 12.8 Å². The van der Waals surface area contributed by atoms with Gasteiger partial charge >= 0.3 is 5.97 Å². The Balaban J connectivity index is 1.96. The van der Waals surface area contributed by atoms with Gasteiger partial charge in [0.25, 0.3) is 0 Å². The molecule has 2 aromatic rings. The number of rotatable bonds is 2. The van der Waals surface area contributed by atoms with Gasteiger partial charge in [-0.15, -0.1) is 0 Å². The number of carboxylic acids is 1. The van der Waals surface area contributed by atoms with E-state index in [1.807, 2.05) is 22.9 Å². The van der Waals surface area contributed by atoms with Gasteiger partial charge in [-0.3, -0.25) is 4.79 Å². The maximum Gasteiger partial charge on any atom is 0.308 e. The van der Waals surface area contributed by atoms with Gasteiger partial charge in [-0.1, -0.05) is 24.3 Å². The highest BCUT2D eigenvalue weighted by Gasteiger charge is 2.25. The Morgan fingerprint density at radius 3 is 2.95 bits per heavy atom. The summed E-state index contributed by atoms with van der Waals surface area (Å²) in [4.78, 5) is 15.7. The second kappa shape index (κ2) is 4.53. The van der Waals surface area contributed by atoms with E-state index < -0.39 is 5.97 Å². The minimum Gasteiger partial charge on any atom is -0.481 e. The van der Waals surface area contributed by atoms with Gasteiger partial charge in [-0.05, 0) is 18.9 Å². The van der Waals surface area contributed by atoms with E-state index in [2.05, 4.69) is 24.0 Å². The largest absolute Gasteiger partial charge is 0.481 e. The van der Waals surface area contributed by atoms with Gasteiger partial charge in [0.2, 0.25) is 0 Å². The van der Waals surface area contributed by atoms with E-state index in [9.17, 15) is 4.79 Å². The monoisotopic (exact) mass is 256 g/mol. The summed E-state index contributed by atoms with van der Waals surface area (Å²) in [5.74, 6) is -0.000958. The molecule has 0 saturated heterocycles. The Bertz CT molecular complexity index is 631. The average molecular weight is 256 g/mol. The minimum absolute atomic E-state index is 0.286. The highest BCUT2D eigenvalue weighted by atomic mass is 16.4. The normalized spacial score (nSPS) is 18.1. The first-order valence-electron chi connectivity index (χ1n) is 6.50. The molecule has 0 fully saturated rings. The van der Waals surface area contributed by atoms with E-state index in [0.29, 0.717) is 13.0 Å². The van der Waals surface area contributed by atoms with E-state index >= 15 is 0 Å². The molecule has 0 radical (unpaired) electrons. The van der Waals surface area contributed by atoms with Gasteiger partial charge in [-0.25, -0.2) is 4.98 Å². The molecular formula is C15H16N2O2. The highest BCUT2D eigenvalue weighted by molar-refractivity contribution is 5.70. The molecule has 3 rings (SSSR count). The molecule has 0 aliphatic carbocycles. The Morgan fingerprint density at radius 2 is 2.21 bits per heavy atom. The van der Waals surface area contributed by atoms with Crippen molar-refractivity contribution in [1.29, 1.82) is 0 Å². The first kappa shape index (κ1) is 12.0. The number of nitrogens with zero attached hydrogens (tertiary/aromatic N) is 2.